The van der Waals surface area contributed by atoms with Gasteiger partial charge in [-0.05, 0) is 31.4 Å². The largest absolute Gasteiger partial charge is 0.395 e. The van der Waals surface area contributed by atoms with Gasteiger partial charge >= 0.3 is 0 Å². The molecule has 1 aromatic rings. The van der Waals surface area contributed by atoms with Crippen LogP contribution in [0, 0.1) is 16.2 Å². The number of nitrogens with one attached hydrogen (secondary N) is 2. The number of carbonyl (C=O) groups is 3. The van der Waals surface area contributed by atoms with Gasteiger partial charge in [-0.25, -0.2) is 0 Å². The summed E-state index contributed by atoms with van der Waals surface area (Å²) in [5, 5.41) is 34.8. The Hall–Kier alpha value is -2.29. The summed E-state index contributed by atoms with van der Waals surface area (Å²) in [7, 11) is 0. The molecule has 0 radical (unpaired) electrons. The summed E-state index contributed by atoms with van der Waals surface area (Å²) < 4.78 is 0. The highest BCUT2D eigenvalue weighted by atomic mass is 16.3. The molecule has 2 bridgehead atoms. The van der Waals surface area contributed by atoms with Gasteiger partial charge in [0.1, 0.15) is 0 Å². The van der Waals surface area contributed by atoms with Crippen LogP contribution in [0.15, 0.2) is 30.3 Å². The Morgan fingerprint density at radius 2 is 1.46 bits per heavy atom. The fourth-order valence-electron chi connectivity index (χ4n) is 4.32. The van der Waals surface area contributed by atoms with Crippen molar-refractivity contribution in [2.75, 3.05) is 25.1 Å². The topological polar surface area (TPSA) is 136 Å². The molecule has 2 atom stereocenters. The SMILES string of the molecule is O=C1NC(=O)C2(CO)CC1(CO)CC(CO)(C(=O)Nc1ccccc1)C2. The van der Waals surface area contributed by atoms with Crippen LogP contribution in [0.4, 0.5) is 5.69 Å². The highest BCUT2D eigenvalue weighted by Crippen LogP contribution is 2.56. The van der Waals surface area contributed by atoms with Gasteiger partial charge < -0.3 is 20.6 Å². The molecule has 3 rings (SSSR count). The van der Waals surface area contributed by atoms with E-state index in [9.17, 15) is 29.7 Å². The molecule has 1 aliphatic carbocycles. The number of anilines is 1. The van der Waals surface area contributed by atoms with E-state index in [1.807, 2.05) is 0 Å². The van der Waals surface area contributed by atoms with Crippen LogP contribution in [0.25, 0.3) is 0 Å². The lowest BCUT2D eigenvalue weighted by atomic mass is 9.50. The van der Waals surface area contributed by atoms with E-state index < -0.39 is 53.8 Å². The van der Waals surface area contributed by atoms with E-state index in [-0.39, 0.29) is 19.3 Å². The van der Waals surface area contributed by atoms with Gasteiger partial charge in [0.25, 0.3) is 0 Å². The van der Waals surface area contributed by atoms with Crippen molar-refractivity contribution in [3.63, 3.8) is 0 Å². The first kappa shape index (κ1) is 18.5. The molecule has 1 saturated heterocycles. The number of amides is 3. The predicted octanol–water partition coefficient (Wildman–Crippen LogP) is -0.599. The number of aliphatic hydroxyl groups is 3. The quantitative estimate of drug-likeness (QED) is 0.444. The fraction of sp³-hybridized carbons (Fsp3) is 0.500. The normalized spacial score (nSPS) is 33.5. The maximum absolute atomic E-state index is 13.0. The molecular formula is C18H22N2O6. The van der Waals surface area contributed by atoms with Crippen molar-refractivity contribution in [1.29, 1.82) is 0 Å². The molecule has 2 unspecified atom stereocenters. The molecule has 0 spiro atoms. The van der Waals surface area contributed by atoms with E-state index in [0.717, 1.165) is 0 Å². The summed E-state index contributed by atoms with van der Waals surface area (Å²) in [5.74, 6) is -1.91. The Labute approximate surface area is 150 Å². The molecule has 2 fully saturated rings. The molecule has 5 N–H and O–H groups in total. The highest BCUT2D eigenvalue weighted by molar-refractivity contribution is 6.06. The molecule has 8 heteroatoms. The van der Waals surface area contributed by atoms with Gasteiger partial charge in [-0.3, -0.25) is 19.7 Å². The fourth-order valence-corrected chi connectivity index (χ4v) is 4.32. The first-order valence-electron chi connectivity index (χ1n) is 8.40. The van der Waals surface area contributed by atoms with Gasteiger partial charge in [-0.15, -0.1) is 0 Å². The van der Waals surface area contributed by atoms with E-state index in [4.69, 9.17) is 0 Å². The van der Waals surface area contributed by atoms with Crippen molar-refractivity contribution in [2.24, 2.45) is 16.2 Å². The number of hydrogen-bond donors (Lipinski definition) is 5. The zero-order valence-corrected chi connectivity index (χ0v) is 14.2. The first-order chi connectivity index (χ1) is 12.4. The second-order valence-electron chi connectivity index (χ2n) is 7.45. The molecule has 140 valence electrons. The minimum Gasteiger partial charge on any atom is -0.395 e. The van der Waals surface area contributed by atoms with Crippen LogP contribution in [0.1, 0.15) is 19.3 Å². The molecule has 8 nitrogen and oxygen atoms in total. The molecule has 1 saturated carbocycles. The van der Waals surface area contributed by atoms with Gasteiger partial charge in [-0.1, -0.05) is 18.2 Å². The summed E-state index contributed by atoms with van der Waals surface area (Å²) in [4.78, 5) is 37.9. The number of fused-ring (bicyclic) bond motifs is 2. The van der Waals surface area contributed by atoms with E-state index in [0.29, 0.717) is 5.69 Å². The Bertz CT molecular complexity index is 706. The lowest BCUT2D eigenvalue weighted by molar-refractivity contribution is -0.177. The number of piperidine rings is 1. The number of benzene rings is 1. The lowest BCUT2D eigenvalue weighted by Crippen LogP contribution is -2.68. The lowest BCUT2D eigenvalue weighted by Gasteiger charge is -2.54. The molecule has 1 aromatic carbocycles. The zero-order chi connectivity index (χ0) is 19.0. The average molecular weight is 362 g/mol. The predicted molar refractivity (Wildman–Crippen MR) is 90.6 cm³/mol. The van der Waals surface area contributed by atoms with Crippen molar-refractivity contribution >= 4 is 23.4 Å². The third-order valence-electron chi connectivity index (χ3n) is 5.64. The Morgan fingerprint density at radius 3 is 1.92 bits per heavy atom. The second-order valence-corrected chi connectivity index (χ2v) is 7.45. The van der Waals surface area contributed by atoms with Crippen LogP contribution in [-0.2, 0) is 14.4 Å². The van der Waals surface area contributed by atoms with Gasteiger partial charge in [0.05, 0.1) is 36.1 Å². The third kappa shape index (κ3) is 2.70. The molecule has 3 amide bonds. The Balaban J connectivity index is 2.02. The number of aliphatic hydroxyl groups excluding tert-OH is 3. The number of rotatable bonds is 5. The van der Waals surface area contributed by atoms with Crippen LogP contribution in [0.2, 0.25) is 0 Å². The summed E-state index contributed by atoms with van der Waals surface area (Å²) >= 11 is 0. The van der Waals surface area contributed by atoms with E-state index in [1.54, 1.807) is 30.3 Å². The summed E-state index contributed by atoms with van der Waals surface area (Å²) in [6.45, 7) is -1.79. The highest BCUT2D eigenvalue weighted by Gasteiger charge is 2.65. The molecule has 0 aromatic heterocycles. The van der Waals surface area contributed by atoms with Crippen LogP contribution in [0.3, 0.4) is 0 Å². The Kier molecular flexibility index (Phi) is 4.60. The molecule has 1 heterocycles. The Morgan fingerprint density at radius 1 is 0.923 bits per heavy atom. The van der Waals surface area contributed by atoms with Crippen molar-refractivity contribution < 1.29 is 29.7 Å². The number of hydrogen-bond acceptors (Lipinski definition) is 6. The minimum atomic E-state index is -1.48. The summed E-state index contributed by atoms with van der Waals surface area (Å²) in [6, 6.07) is 8.60. The van der Waals surface area contributed by atoms with Crippen LogP contribution in [-0.4, -0.2) is 52.9 Å². The molecule has 26 heavy (non-hydrogen) atoms. The summed E-state index contributed by atoms with van der Waals surface area (Å²) in [6.07, 6.45) is -0.295. The maximum Gasteiger partial charge on any atom is 0.235 e. The first-order valence-corrected chi connectivity index (χ1v) is 8.40. The minimum absolute atomic E-state index is 0.0575. The third-order valence-corrected chi connectivity index (χ3v) is 5.64. The smallest absolute Gasteiger partial charge is 0.235 e. The van der Waals surface area contributed by atoms with Gasteiger partial charge in [0, 0.05) is 5.69 Å². The van der Waals surface area contributed by atoms with Gasteiger partial charge in [-0.2, -0.15) is 0 Å². The molecular weight excluding hydrogens is 340 g/mol. The van der Waals surface area contributed by atoms with E-state index >= 15 is 0 Å². The van der Waals surface area contributed by atoms with Crippen LogP contribution in [0.5, 0.6) is 0 Å². The zero-order valence-electron chi connectivity index (χ0n) is 14.2. The van der Waals surface area contributed by atoms with Gasteiger partial charge in [0.2, 0.25) is 17.7 Å². The second kappa shape index (κ2) is 6.46. The van der Waals surface area contributed by atoms with Crippen molar-refractivity contribution in [3.05, 3.63) is 30.3 Å². The monoisotopic (exact) mass is 362 g/mol. The number of carbonyl (C=O) groups excluding carboxylic acids is 3. The van der Waals surface area contributed by atoms with E-state index in [2.05, 4.69) is 10.6 Å². The standard InChI is InChI=1S/C18H22N2O6/c21-9-16(13(24)19-12-4-2-1-3-5-12)6-17(10-22)8-18(7-16,11-23)15(26)20-14(17)25/h1-5,21-23H,6-11H2,(H,19,24)(H,20,25,26). The van der Waals surface area contributed by atoms with Crippen molar-refractivity contribution in [1.82, 2.24) is 5.32 Å². The van der Waals surface area contributed by atoms with Crippen molar-refractivity contribution in [2.45, 2.75) is 19.3 Å². The number of imide groups is 1. The summed E-state index contributed by atoms with van der Waals surface area (Å²) in [5.41, 5.74) is -3.79. The van der Waals surface area contributed by atoms with Crippen molar-refractivity contribution in [3.8, 4) is 0 Å². The molecule has 2 aliphatic rings. The average Bonchev–Trinajstić information content (AvgIpc) is 2.67. The van der Waals surface area contributed by atoms with Gasteiger partial charge in [0.15, 0.2) is 0 Å². The maximum atomic E-state index is 13.0. The van der Waals surface area contributed by atoms with Crippen LogP contribution < -0.4 is 10.6 Å². The molecule has 1 aliphatic heterocycles. The van der Waals surface area contributed by atoms with E-state index in [1.165, 1.54) is 0 Å². The van der Waals surface area contributed by atoms with Crippen LogP contribution >= 0.6 is 0 Å². The number of para-hydroxylation sites is 1.